The molecule has 0 saturated heterocycles. The number of halogens is 1. The molecule has 1 unspecified atom stereocenters. The topological polar surface area (TPSA) is 70.9 Å². The number of hydrogen-bond acceptors (Lipinski definition) is 4. The molecule has 0 aliphatic heterocycles. The summed E-state index contributed by atoms with van der Waals surface area (Å²) in [5.41, 5.74) is 9.07. The van der Waals surface area contributed by atoms with Gasteiger partial charge in [0.05, 0.1) is 47.5 Å². The van der Waals surface area contributed by atoms with E-state index in [0.717, 1.165) is 23.5 Å². The molecule has 2 rings (SSSR count). The maximum Gasteiger partial charge on any atom is 0.0909 e. The molecule has 0 aromatic carbocycles. The maximum atomic E-state index is 6.36. The van der Waals surface area contributed by atoms with Crippen molar-refractivity contribution in [2.45, 2.75) is 25.9 Å². The van der Waals surface area contributed by atoms with Gasteiger partial charge in [0.1, 0.15) is 0 Å². The highest BCUT2D eigenvalue weighted by molar-refractivity contribution is 6.31. The number of aromatic nitrogens is 4. The molecule has 20 heavy (non-hydrogen) atoms. The summed E-state index contributed by atoms with van der Waals surface area (Å²) in [7, 11) is 3.54. The van der Waals surface area contributed by atoms with Crippen molar-refractivity contribution in [2.75, 3.05) is 13.7 Å². The van der Waals surface area contributed by atoms with Gasteiger partial charge in [-0.3, -0.25) is 9.36 Å². The number of nitrogens with two attached hydrogens (primary N) is 1. The highest BCUT2D eigenvalue weighted by Crippen LogP contribution is 2.26. The molecular weight excluding hydrogens is 278 g/mol. The fourth-order valence-corrected chi connectivity index (χ4v) is 2.44. The van der Waals surface area contributed by atoms with Crippen LogP contribution in [-0.2, 0) is 24.8 Å². The van der Waals surface area contributed by atoms with Crippen LogP contribution < -0.4 is 5.73 Å². The summed E-state index contributed by atoms with van der Waals surface area (Å²) in [5.74, 6) is 0. The lowest BCUT2D eigenvalue weighted by molar-refractivity contribution is 0.182. The zero-order valence-electron chi connectivity index (χ0n) is 12.0. The molecule has 6 nitrogen and oxygen atoms in total. The van der Waals surface area contributed by atoms with Gasteiger partial charge in [-0.1, -0.05) is 18.5 Å². The first-order valence-electron chi connectivity index (χ1n) is 6.57. The molecule has 0 fully saturated rings. The Kier molecular flexibility index (Phi) is 4.80. The van der Waals surface area contributed by atoms with Crippen molar-refractivity contribution in [3.05, 3.63) is 34.4 Å². The molecule has 2 heterocycles. The molecule has 0 aliphatic carbocycles. The van der Waals surface area contributed by atoms with Crippen LogP contribution in [0.2, 0.25) is 5.02 Å². The average Bonchev–Trinajstić information content (AvgIpc) is 2.99. The van der Waals surface area contributed by atoms with Crippen molar-refractivity contribution in [1.82, 2.24) is 19.6 Å². The summed E-state index contributed by atoms with van der Waals surface area (Å²) in [6, 6.07) is 1.65. The Morgan fingerprint density at radius 3 is 2.85 bits per heavy atom. The van der Waals surface area contributed by atoms with Crippen LogP contribution in [0.5, 0.6) is 0 Å². The Morgan fingerprint density at radius 1 is 1.50 bits per heavy atom. The molecule has 0 saturated carbocycles. The molecule has 2 aromatic rings. The first kappa shape index (κ1) is 15.0. The van der Waals surface area contributed by atoms with Gasteiger partial charge in [0, 0.05) is 14.2 Å². The van der Waals surface area contributed by atoms with Crippen LogP contribution in [0.3, 0.4) is 0 Å². The van der Waals surface area contributed by atoms with E-state index in [4.69, 9.17) is 22.1 Å². The van der Waals surface area contributed by atoms with E-state index in [-0.39, 0.29) is 6.04 Å². The molecule has 0 radical (unpaired) electrons. The molecule has 2 aromatic heterocycles. The smallest absolute Gasteiger partial charge is 0.0909 e. The van der Waals surface area contributed by atoms with Crippen molar-refractivity contribution in [2.24, 2.45) is 12.8 Å². The van der Waals surface area contributed by atoms with Crippen LogP contribution >= 0.6 is 11.6 Å². The van der Waals surface area contributed by atoms with Crippen molar-refractivity contribution < 1.29 is 4.74 Å². The lowest BCUT2D eigenvalue weighted by Gasteiger charge is -2.15. The summed E-state index contributed by atoms with van der Waals surface area (Å²) in [5, 5.41) is 9.24. The van der Waals surface area contributed by atoms with Gasteiger partial charge in [-0.05, 0) is 12.5 Å². The zero-order valence-corrected chi connectivity index (χ0v) is 12.8. The summed E-state index contributed by atoms with van der Waals surface area (Å²) in [6.45, 7) is 3.24. The Bertz CT molecular complexity index is 577. The predicted octanol–water partition coefficient (Wildman–Crippen LogP) is 1.53. The predicted molar refractivity (Wildman–Crippen MR) is 77.7 cm³/mol. The second-order valence-electron chi connectivity index (χ2n) is 4.61. The molecule has 0 aliphatic rings. The number of aryl methyl sites for hydroxylation is 2. The number of rotatable bonds is 6. The summed E-state index contributed by atoms with van der Waals surface area (Å²) in [4.78, 5) is 0. The second kappa shape index (κ2) is 6.39. The summed E-state index contributed by atoms with van der Waals surface area (Å²) >= 11 is 6.23. The first-order valence-corrected chi connectivity index (χ1v) is 6.94. The van der Waals surface area contributed by atoms with Crippen LogP contribution in [0.15, 0.2) is 12.3 Å². The molecule has 7 heteroatoms. The van der Waals surface area contributed by atoms with Crippen molar-refractivity contribution in [3.63, 3.8) is 0 Å². The van der Waals surface area contributed by atoms with Crippen LogP contribution in [-0.4, -0.2) is 33.3 Å². The number of ether oxygens (including phenoxy) is 1. The lowest BCUT2D eigenvalue weighted by atomic mass is 10.1. The third-order valence-corrected chi connectivity index (χ3v) is 3.57. The van der Waals surface area contributed by atoms with Crippen molar-refractivity contribution in [1.29, 1.82) is 0 Å². The zero-order chi connectivity index (χ0) is 14.7. The standard InChI is InChI=1S/C13H20ClN5O/c1-4-9-7-11(18(2)17-9)12(15)13-10(14)8-16-19(13)5-6-20-3/h7-8,12H,4-6,15H2,1-3H3. The van der Waals surface area contributed by atoms with Gasteiger partial charge in [0.25, 0.3) is 0 Å². The maximum absolute atomic E-state index is 6.36. The van der Waals surface area contributed by atoms with Crippen molar-refractivity contribution >= 4 is 11.6 Å². The minimum absolute atomic E-state index is 0.361. The Labute approximate surface area is 123 Å². The van der Waals surface area contributed by atoms with Gasteiger partial charge >= 0.3 is 0 Å². The molecule has 0 amide bonds. The largest absolute Gasteiger partial charge is 0.383 e. The molecule has 2 N–H and O–H groups in total. The minimum atomic E-state index is -0.361. The molecule has 1 atom stereocenters. The highest BCUT2D eigenvalue weighted by Gasteiger charge is 2.21. The van der Waals surface area contributed by atoms with Crippen LogP contribution in [0.1, 0.15) is 30.0 Å². The quantitative estimate of drug-likeness (QED) is 0.878. The summed E-state index contributed by atoms with van der Waals surface area (Å²) in [6.07, 6.45) is 2.49. The van der Waals surface area contributed by atoms with Gasteiger partial charge < -0.3 is 10.5 Å². The van der Waals surface area contributed by atoms with E-state index in [0.29, 0.717) is 18.2 Å². The Morgan fingerprint density at radius 2 is 2.25 bits per heavy atom. The van der Waals surface area contributed by atoms with Crippen LogP contribution in [0.25, 0.3) is 0 Å². The van der Waals surface area contributed by atoms with E-state index in [1.54, 1.807) is 22.7 Å². The molecule has 0 spiro atoms. The number of nitrogens with zero attached hydrogens (tertiary/aromatic N) is 4. The van der Waals surface area contributed by atoms with Gasteiger partial charge in [-0.15, -0.1) is 0 Å². The minimum Gasteiger partial charge on any atom is -0.383 e. The van der Waals surface area contributed by atoms with Crippen molar-refractivity contribution in [3.8, 4) is 0 Å². The lowest BCUT2D eigenvalue weighted by Crippen LogP contribution is -2.21. The van der Waals surface area contributed by atoms with Gasteiger partial charge in [0.15, 0.2) is 0 Å². The van der Waals surface area contributed by atoms with E-state index in [2.05, 4.69) is 17.1 Å². The Balaban J connectivity index is 2.34. The van der Waals surface area contributed by atoms with Gasteiger partial charge in [0.2, 0.25) is 0 Å². The van der Waals surface area contributed by atoms with Gasteiger partial charge in [-0.2, -0.15) is 10.2 Å². The van der Waals surface area contributed by atoms with E-state index in [1.807, 2.05) is 13.1 Å². The van der Waals surface area contributed by atoms with Gasteiger partial charge in [-0.25, -0.2) is 0 Å². The molecule has 0 bridgehead atoms. The number of methoxy groups -OCH3 is 1. The van der Waals surface area contributed by atoms with E-state index < -0.39 is 0 Å². The van der Waals surface area contributed by atoms with E-state index >= 15 is 0 Å². The summed E-state index contributed by atoms with van der Waals surface area (Å²) < 4.78 is 8.66. The van der Waals surface area contributed by atoms with Crippen LogP contribution in [0.4, 0.5) is 0 Å². The third kappa shape index (κ3) is 2.87. The normalized spacial score (nSPS) is 12.8. The van der Waals surface area contributed by atoms with E-state index in [9.17, 15) is 0 Å². The van der Waals surface area contributed by atoms with Crippen LogP contribution in [0, 0.1) is 0 Å². The first-order chi connectivity index (χ1) is 9.58. The molecule has 110 valence electrons. The Hall–Kier alpha value is -1.37. The fourth-order valence-electron chi connectivity index (χ4n) is 2.18. The monoisotopic (exact) mass is 297 g/mol. The highest BCUT2D eigenvalue weighted by atomic mass is 35.5. The third-order valence-electron chi connectivity index (χ3n) is 3.28. The number of hydrogen-bond donors (Lipinski definition) is 1. The average molecular weight is 298 g/mol. The fraction of sp³-hybridized carbons (Fsp3) is 0.538. The SMILES string of the molecule is CCc1cc(C(N)c2c(Cl)cnn2CCOC)n(C)n1. The van der Waals surface area contributed by atoms with E-state index in [1.165, 1.54) is 0 Å². The molecular formula is C13H20ClN5O. The second-order valence-corrected chi connectivity index (χ2v) is 5.02.